The number of hydrogen-bond acceptors (Lipinski definition) is 5. The third-order valence-corrected chi connectivity index (χ3v) is 5.84. The van der Waals surface area contributed by atoms with Gasteiger partial charge in [0, 0.05) is 13.1 Å². The molecule has 2 aromatic carbocycles. The fraction of sp³-hybridized carbons (Fsp3) is 0.364. The van der Waals surface area contributed by atoms with Gasteiger partial charge in [0.25, 0.3) is 5.91 Å². The summed E-state index contributed by atoms with van der Waals surface area (Å²) in [7, 11) is 3.20. The van der Waals surface area contributed by atoms with Crippen molar-refractivity contribution in [2.45, 2.75) is 25.4 Å². The largest absolute Gasteiger partial charge is 0.493 e. The van der Waals surface area contributed by atoms with Crippen molar-refractivity contribution in [1.82, 2.24) is 15.1 Å². The van der Waals surface area contributed by atoms with Crippen molar-refractivity contribution in [3.63, 3.8) is 0 Å². The number of ether oxygens (including phenoxy) is 2. The summed E-state index contributed by atoms with van der Waals surface area (Å²) in [5.74, 6) is 0.595. The number of benzene rings is 2. The second kappa shape index (κ2) is 7.60. The summed E-state index contributed by atoms with van der Waals surface area (Å²) in [5.41, 5.74) is 1.57. The van der Waals surface area contributed by atoms with Crippen LogP contribution in [0, 0.1) is 5.82 Å². The molecule has 7 nitrogen and oxygen atoms in total. The monoisotopic (exact) mass is 413 g/mol. The highest BCUT2D eigenvalue weighted by atomic mass is 19.1. The third-order valence-electron chi connectivity index (χ3n) is 5.84. The zero-order valence-electron chi connectivity index (χ0n) is 17.2. The van der Waals surface area contributed by atoms with Gasteiger partial charge in [-0.15, -0.1) is 0 Å². The summed E-state index contributed by atoms with van der Waals surface area (Å²) in [6.07, 6.45) is 0.772. The first-order valence-electron chi connectivity index (χ1n) is 9.72. The zero-order valence-corrected chi connectivity index (χ0v) is 17.2. The number of carbonyl (C=O) groups is 2. The topological polar surface area (TPSA) is 71.1 Å². The molecule has 8 heteroatoms. The number of rotatable bonds is 5. The minimum atomic E-state index is -1.21. The molecule has 1 fully saturated rings. The molecule has 1 N–H and O–H groups in total. The molecule has 4 rings (SSSR count). The van der Waals surface area contributed by atoms with Crippen molar-refractivity contribution < 1.29 is 23.5 Å². The van der Waals surface area contributed by atoms with Crippen LogP contribution in [0.1, 0.15) is 23.6 Å². The number of nitrogens with one attached hydrogen (secondary N) is 1. The van der Waals surface area contributed by atoms with Crippen LogP contribution in [0.4, 0.5) is 9.18 Å². The van der Waals surface area contributed by atoms with Crippen molar-refractivity contribution >= 4 is 11.9 Å². The number of carbonyl (C=O) groups excluding carboxylic acids is 2. The number of fused-ring (bicyclic) bond motifs is 1. The van der Waals surface area contributed by atoms with Crippen LogP contribution in [-0.2, 0) is 23.3 Å². The molecule has 2 aromatic rings. The van der Waals surface area contributed by atoms with Crippen LogP contribution >= 0.6 is 0 Å². The molecular formula is C22H24FN3O4. The Morgan fingerprint density at radius 2 is 1.70 bits per heavy atom. The van der Waals surface area contributed by atoms with Crippen LogP contribution in [0.5, 0.6) is 11.5 Å². The van der Waals surface area contributed by atoms with E-state index in [0.29, 0.717) is 30.2 Å². The number of nitrogens with zero attached hydrogens (tertiary/aromatic N) is 2. The van der Waals surface area contributed by atoms with Gasteiger partial charge >= 0.3 is 6.03 Å². The minimum Gasteiger partial charge on any atom is -0.493 e. The van der Waals surface area contributed by atoms with Crippen LogP contribution in [-0.4, -0.2) is 49.2 Å². The second-order valence-electron chi connectivity index (χ2n) is 7.72. The average molecular weight is 413 g/mol. The molecule has 0 unspecified atom stereocenters. The highest BCUT2D eigenvalue weighted by Crippen LogP contribution is 2.34. The molecule has 0 aromatic heterocycles. The van der Waals surface area contributed by atoms with Gasteiger partial charge in [0.15, 0.2) is 11.5 Å². The smallest absolute Gasteiger partial charge is 0.326 e. The van der Waals surface area contributed by atoms with Crippen molar-refractivity contribution in [3.8, 4) is 11.5 Å². The van der Waals surface area contributed by atoms with Crippen molar-refractivity contribution in [1.29, 1.82) is 0 Å². The Morgan fingerprint density at radius 3 is 2.33 bits per heavy atom. The summed E-state index contributed by atoms with van der Waals surface area (Å²) in [6.45, 7) is 3.10. The minimum absolute atomic E-state index is 0.176. The van der Waals surface area contributed by atoms with Crippen molar-refractivity contribution in [3.05, 3.63) is 58.9 Å². The first-order chi connectivity index (χ1) is 14.4. The summed E-state index contributed by atoms with van der Waals surface area (Å²) in [6, 6.07) is 9.07. The molecule has 1 saturated heterocycles. The second-order valence-corrected chi connectivity index (χ2v) is 7.72. The van der Waals surface area contributed by atoms with Gasteiger partial charge in [0.05, 0.1) is 20.9 Å². The first kappa shape index (κ1) is 20.2. The Morgan fingerprint density at radius 1 is 1.07 bits per heavy atom. The predicted octanol–water partition coefficient (Wildman–Crippen LogP) is 2.63. The van der Waals surface area contributed by atoms with Crippen LogP contribution in [0.15, 0.2) is 36.4 Å². The van der Waals surface area contributed by atoms with E-state index in [4.69, 9.17) is 9.47 Å². The highest BCUT2D eigenvalue weighted by Gasteiger charge is 2.49. The van der Waals surface area contributed by atoms with Crippen molar-refractivity contribution in [2.75, 3.05) is 27.4 Å². The molecule has 2 heterocycles. The third kappa shape index (κ3) is 3.37. The van der Waals surface area contributed by atoms with Crippen LogP contribution in [0.25, 0.3) is 0 Å². The van der Waals surface area contributed by atoms with Gasteiger partial charge in [-0.05, 0) is 54.3 Å². The molecule has 3 amide bonds. The maximum atomic E-state index is 13.3. The molecule has 2 aliphatic rings. The number of methoxy groups -OCH3 is 2. The van der Waals surface area contributed by atoms with Gasteiger partial charge in [-0.25, -0.2) is 14.1 Å². The number of halogens is 1. The lowest BCUT2D eigenvalue weighted by Crippen LogP contribution is -2.45. The highest BCUT2D eigenvalue weighted by molar-refractivity contribution is 6.07. The molecule has 0 saturated carbocycles. The lowest BCUT2D eigenvalue weighted by Gasteiger charge is -2.32. The summed E-state index contributed by atoms with van der Waals surface area (Å²) in [4.78, 5) is 29.0. The van der Waals surface area contributed by atoms with E-state index < -0.39 is 17.4 Å². The maximum absolute atomic E-state index is 13.3. The van der Waals surface area contributed by atoms with Crippen LogP contribution < -0.4 is 14.8 Å². The number of urea groups is 1. The van der Waals surface area contributed by atoms with Crippen molar-refractivity contribution in [2.24, 2.45) is 0 Å². The SMILES string of the molecule is COc1cc2c(cc1OC)CN(CN1C(=O)N[C@](C)(c3ccc(F)cc3)C1=O)CC2. The Hall–Kier alpha value is -3.13. The summed E-state index contributed by atoms with van der Waals surface area (Å²) >= 11 is 0. The van der Waals surface area contributed by atoms with Gasteiger partial charge in [-0.2, -0.15) is 0 Å². The molecular weight excluding hydrogens is 389 g/mol. The van der Waals surface area contributed by atoms with E-state index in [2.05, 4.69) is 5.32 Å². The van der Waals surface area contributed by atoms with Gasteiger partial charge < -0.3 is 14.8 Å². The predicted molar refractivity (Wildman–Crippen MR) is 108 cm³/mol. The van der Waals surface area contributed by atoms with Crippen LogP contribution in [0.3, 0.4) is 0 Å². The standard InChI is InChI=1S/C22H24FN3O4/c1-22(16-4-6-17(23)7-5-16)20(27)26(21(28)24-22)13-25-9-8-14-10-18(29-2)19(30-3)11-15(14)12-25/h4-7,10-11H,8-9,12-13H2,1-3H3,(H,24,28)/t22-/m1/s1. The first-order valence-corrected chi connectivity index (χ1v) is 9.72. The zero-order chi connectivity index (χ0) is 21.5. The number of amides is 3. The van der Waals surface area contributed by atoms with Gasteiger partial charge in [0.1, 0.15) is 11.4 Å². The lowest BCUT2D eigenvalue weighted by atomic mass is 9.92. The number of hydrogen-bond donors (Lipinski definition) is 1. The molecule has 1 atom stereocenters. The number of imide groups is 1. The Balaban J connectivity index is 1.52. The lowest BCUT2D eigenvalue weighted by molar-refractivity contribution is -0.132. The average Bonchev–Trinajstić information content (AvgIpc) is 2.96. The molecule has 0 radical (unpaired) electrons. The fourth-order valence-corrected chi connectivity index (χ4v) is 4.07. The molecule has 0 bridgehead atoms. The Labute approximate surface area is 174 Å². The fourth-order valence-electron chi connectivity index (χ4n) is 4.07. The normalized spacial score (nSPS) is 21.4. The van der Waals surface area contributed by atoms with E-state index in [0.717, 1.165) is 17.5 Å². The quantitative estimate of drug-likeness (QED) is 0.763. The molecule has 158 valence electrons. The van der Waals surface area contributed by atoms with Gasteiger partial charge in [-0.3, -0.25) is 9.69 Å². The summed E-state index contributed by atoms with van der Waals surface area (Å²) in [5, 5.41) is 2.76. The molecule has 0 spiro atoms. The molecule has 2 aliphatic heterocycles. The van der Waals surface area contributed by atoms with E-state index in [-0.39, 0.29) is 12.6 Å². The van der Waals surface area contributed by atoms with E-state index in [9.17, 15) is 14.0 Å². The van der Waals surface area contributed by atoms with E-state index >= 15 is 0 Å². The summed E-state index contributed by atoms with van der Waals surface area (Å²) < 4.78 is 24.0. The van der Waals surface area contributed by atoms with Gasteiger partial charge in [0.2, 0.25) is 0 Å². The van der Waals surface area contributed by atoms with Crippen LogP contribution in [0.2, 0.25) is 0 Å². The van der Waals surface area contributed by atoms with E-state index in [1.54, 1.807) is 21.1 Å². The van der Waals surface area contributed by atoms with E-state index in [1.165, 1.54) is 29.2 Å². The van der Waals surface area contributed by atoms with Gasteiger partial charge in [-0.1, -0.05) is 12.1 Å². The Bertz CT molecular complexity index is 995. The molecule has 30 heavy (non-hydrogen) atoms. The Kier molecular flexibility index (Phi) is 5.11. The molecule has 0 aliphatic carbocycles. The van der Waals surface area contributed by atoms with E-state index in [1.807, 2.05) is 17.0 Å². The maximum Gasteiger partial charge on any atom is 0.326 e.